The summed E-state index contributed by atoms with van der Waals surface area (Å²) in [6.07, 6.45) is 9.95. The van der Waals surface area contributed by atoms with E-state index in [2.05, 4.69) is 16.7 Å². The van der Waals surface area contributed by atoms with Gasteiger partial charge in [-0.2, -0.15) is 0 Å². The largest absolute Gasteiger partial charge is 0.459 e. The van der Waals surface area contributed by atoms with Crippen LogP contribution in [0.3, 0.4) is 0 Å². The monoisotopic (exact) mass is 438 g/mol. The minimum absolute atomic E-state index is 0.0518. The van der Waals surface area contributed by atoms with Gasteiger partial charge in [-0.25, -0.2) is 4.79 Å². The lowest BCUT2D eigenvalue weighted by atomic mass is 9.96. The van der Waals surface area contributed by atoms with Crippen LogP contribution in [0.4, 0.5) is 4.79 Å². The van der Waals surface area contributed by atoms with Crippen molar-refractivity contribution >= 4 is 23.0 Å². The Labute approximate surface area is 190 Å². The van der Waals surface area contributed by atoms with Crippen molar-refractivity contribution in [3.63, 3.8) is 0 Å². The molecule has 1 aliphatic carbocycles. The molecule has 0 spiro atoms. The van der Waals surface area contributed by atoms with Gasteiger partial charge in [0.25, 0.3) is 0 Å². The van der Waals surface area contributed by atoms with Crippen LogP contribution in [0.2, 0.25) is 0 Å². The van der Waals surface area contributed by atoms with Gasteiger partial charge in [-0.05, 0) is 58.6 Å². The standard InChI is InChI=1S/C26H34N2O4/c1-19-11-13-20(14-12-19)24(29)27-16-8-4-7-15-26(2,3)32-25(30)28-18-22-17-21-9-5-6-10-23(21)31-22/h5-6,9-13,17,20H,4,7-8,14-16,18H2,1-3H3,(H,27,29)(H,28,30). The highest BCUT2D eigenvalue weighted by Crippen LogP contribution is 2.21. The van der Waals surface area contributed by atoms with Crippen LogP contribution in [0.1, 0.15) is 58.6 Å². The molecule has 2 aromatic rings. The average molecular weight is 439 g/mol. The summed E-state index contributed by atoms with van der Waals surface area (Å²) in [6, 6.07) is 9.66. The van der Waals surface area contributed by atoms with Crippen molar-refractivity contribution in [2.45, 2.75) is 65.0 Å². The van der Waals surface area contributed by atoms with Crippen molar-refractivity contribution in [3.05, 3.63) is 59.9 Å². The number of nitrogens with one attached hydrogen (secondary N) is 2. The summed E-state index contributed by atoms with van der Waals surface area (Å²) >= 11 is 0. The van der Waals surface area contributed by atoms with E-state index < -0.39 is 11.7 Å². The number of allylic oxidation sites excluding steroid dienone is 3. The highest BCUT2D eigenvalue weighted by Gasteiger charge is 2.22. The average Bonchev–Trinajstić information content (AvgIpc) is 3.18. The third kappa shape index (κ3) is 7.29. The first-order chi connectivity index (χ1) is 15.3. The van der Waals surface area contributed by atoms with Gasteiger partial charge >= 0.3 is 6.09 Å². The molecule has 0 aliphatic heterocycles. The van der Waals surface area contributed by atoms with E-state index in [1.165, 1.54) is 5.57 Å². The first-order valence-corrected chi connectivity index (χ1v) is 11.4. The number of furan rings is 1. The molecule has 3 rings (SSSR count). The lowest BCUT2D eigenvalue weighted by Crippen LogP contribution is -2.34. The zero-order chi connectivity index (χ0) is 23.0. The zero-order valence-electron chi connectivity index (χ0n) is 19.3. The summed E-state index contributed by atoms with van der Waals surface area (Å²) < 4.78 is 11.3. The van der Waals surface area contributed by atoms with Crippen LogP contribution in [0.5, 0.6) is 0 Å². The molecule has 6 nitrogen and oxygen atoms in total. The van der Waals surface area contributed by atoms with Gasteiger partial charge in [-0.1, -0.05) is 48.4 Å². The Bertz CT molecular complexity index is 954. The SMILES string of the molecule is CC1=CCC(C(=O)NCCCCCC(C)(C)OC(=O)NCc2cc3ccccc3o2)C=C1. The van der Waals surface area contributed by atoms with E-state index in [0.29, 0.717) is 12.3 Å². The Kier molecular flexibility index (Phi) is 8.14. The van der Waals surface area contributed by atoms with E-state index in [9.17, 15) is 9.59 Å². The van der Waals surface area contributed by atoms with Gasteiger partial charge in [-0.15, -0.1) is 0 Å². The number of unbranched alkanes of at least 4 members (excludes halogenated alkanes) is 2. The molecule has 0 saturated carbocycles. The first kappa shape index (κ1) is 23.6. The molecule has 2 N–H and O–H groups in total. The molecule has 1 aromatic heterocycles. The summed E-state index contributed by atoms with van der Waals surface area (Å²) in [4.78, 5) is 24.4. The molecular weight excluding hydrogens is 404 g/mol. The molecule has 6 heteroatoms. The summed E-state index contributed by atoms with van der Waals surface area (Å²) in [6.45, 7) is 6.83. The second-order valence-corrected chi connectivity index (χ2v) is 9.00. The molecule has 0 fully saturated rings. The predicted octanol–water partition coefficient (Wildman–Crippen LogP) is 5.64. The summed E-state index contributed by atoms with van der Waals surface area (Å²) in [7, 11) is 0. The smallest absolute Gasteiger partial charge is 0.408 e. The summed E-state index contributed by atoms with van der Waals surface area (Å²) in [5, 5.41) is 6.79. The molecule has 1 atom stereocenters. The second-order valence-electron chi connectivity index (χ2n) is 9.00. The number of para-hydroxylation sites is 1. The van der Waals surface area contributed by atoms with Crippen molar-refractivity contribution in [2.75, 3.05) is 6.54 Å². The molecule has 0 radical (unpaired) electrons. The third-order valence-corrected chi connectivity index (χ3v) is 5.63. The number of fused-ring (bicyclic) bond motifs is 1. The van der Waals surface area contributed by atoms with Gasteiger partial charge in [-0.3, -0.25) is 4.79 Å². The maximum Gasteiger partial charge on any atom is 0.408 e. The molecule has 172 valence electrons. The molecule has 1 aromatic carbocycles. The normalized spacial score (nSPS) is 16.0. The van der Waals surface area contributed by atoms with Gasteiger partial charge in [0.15, 0.2) is 0 Å². The Hall–Kier alpha value is -3.02. The number of hydrogen-bond acceptors (Lipinski definition) is 4. The molecule has 1 unspecified atom stereocenters. The lowest BCUT2D eigenvalue weighted by molar-refractivity contribution is -0.123. The quantitative estimate of drug-likeness (QED) is 0.471. The number of ether oxygens (including phenoxy) is 1. The molecule has 0 saturated heterocycles. The van der Waals surface area contributed by atoms with Crippen molar-refractivity contribution < 1.29 is 18.7 Å². The highest BCUT2D eigenvalue weighted by atomic mass is 16.6. The molecule has 1 aliphatic rings. The van der Waals surface area contributed by atoms with E-state index in [1.54, 1.807) is 0 Å². The fraction of sp³-hybridized carbons (Fsp3) is 0.462. The van der Waals surface area contributed by atoms with Crippen LogP contribution in [0.25, 0.3) is 11.0 Å². The van der Waals surface area contributed by atoms with Gasteiger partial charge in [0, 0.05) is 11.9 Å². The van der Waals surface area contributed by atoms with Crippen molar-refractivity contribution in [1.82, 2.24) is 10.6 Å². The van der Waals surface area contributed by atoms with E-state index >= 15 is 0 Å². The predicted molar refractivity (Wildman–Crippen MR) is 126 cm³/mol. The minimum atomic E-state index is -0.557. The molecule has 0 bridgehead atoms. The second kappa shape index (κ2) is 11.0. The molecule has 1 heterocycles. The van der Waals surface area contributed by atoms with Gasteiger partial charge in [0.1, 0.15) is 16.9 Å². The number of carbonyl (C=O) groups is 2. The van der Waals surface area contributed by atoms with Crippen LogP contribution in [0.15, 0.2) is 58.6 Å². The summed E-state index contributed by atoms with van der Waals surface area (Å²) in [5.41, 5.74) is 1.46. The van der Waals surface area contributed by atoms with Crippen molar-refractivity contribution in [2.24, 2.45) is 5.92 Å². The lowest BCUT2D eigenvalue weighted by Gasteiger charge is -2.25. The Morgan fingerprint density at radius 1 is 1.16 bits per heavy atom. The van der Waals surface area contributed by atoms with Crippen LogP contribution in [-0.2, 0) is 16.1 Å². The number of amides is 2. The fourth-order valence-electron chi connectivity index (χ4n) is 3.74. The topological polar surface area (TPSA) is 80.6 Å². The maximum absolute atomic E-state index is 12.2. The van der Waals surface area contributed by atoms with Gasteiger partial charge < -0.3 is 19.8 Å². The van der Waals surface area contributed by atoms with E-state index in [1.807, 2.05) is 63.3 Å². The Balaban J connectivity index is 1.28. The minimum Gasteiger partial charge on any atom is -0.459 e. The number of carbonyl (C=O) groups excluding carboxylic acids is 2. The van der Waals surface area contributed by atoms with Crippen LogP contribution < -0.4 is 10.6 Å². The van der Waals surface area contributed by atoms with Crippen LogP contribution in [0, 0.1) is 5.92 Å². The zero-order valence-corrected chi connectivity index (χ0v) is 19.3. The number of benzene rings is 1. The van der Waals surface area contributed by atoms with Crippen LogP contribution >= 0.6 is 0 Å². The number of rotatable bonds is 10. The summed E-state index contributed by atoms with van der Waals surface area (Å²) in [5.74, 6) is 0.733. The molecule has 2 amide bonds. The number of alkyl carbamates (subject to hydrolysis) is 1. The van der Waals surface area contributed by atoms with Crippen molar-refractivity contribution in [1.29, 1.82) is 0 Å². The van der Waals surface area contributed by atoms with Crippen molar-refractivity contribution in [3.8, 4) is 0 Å². The Morgan fingerprint density at radius 2 is 1.97 bits per heavy atom. The van der Waals surface area contributed by atoms with E-state index in [0.717, 1.165) is 43.1 Å². The molecule has 32 heavy (non-hydrogen) atoms. The Morgan fingerprint density at radius 3 is 2.72 bits per heavy atom. The van der Waals surface area contributed by atoms with E-state index in [4.69, 9.17) is 9.15 Å². The molecular formula is C26H34N2O4. The fourth-order valence-corrected chi connectivity index (χ4v) is 3.74. The maximum atomic E-state index is 12.2. The number of hydrogen-bond donors (Lipinski definition) is 2. The van der Waals surface area contributed by atoms with Gasteiger partial charge in [0.05, 0.1) is 12.5 Å². The van der Waals surface area contributed by atoms with Gasteiger partial charge in [0.2, 0.25) is 5.91 Å². The van der Waals surface area contributed by atoms with Crippen LogP contribution in [-0.4, -0.2) is 24.1 Å². The van der Waals surface area contributed by atoms with E-state index in [-0.39, 0.29) is 18.4 Å². The third-order valence-electron chi connectivity index (χ3n) is 5.63. The highest BCUT2D eigenvalue weighted by molar-refractivity contribution is 5.81. The first-order valence-electron chi connectivity index (χ1n) is 11.4.